The third-order valence-corrected chi connectivity index (χ3v) is 13.9. The molecule has 0 aliphatic heterocycles. The van der Waals surface area contributed by atoms with Crippen molar-refractivity contribution >= 4 is 19.1 Å². The minimum absolute atomic E-state index is 0.154. The highest BCUT2D eigenvalue weighted by atomic mass is 32.2. The van der Waals surface area contributed by atoms with Gasteiger partial charge in [0.15, 0.2) is 0 Å². The smallest absolute Gasteiger partial charge is 0.146 e. The molecule has 30 heavy (non-hydrogen) atoms. The fraction of sp³-hybridized carbons (Fsp3) is 0.667. The van der Waals surface area contributed by atoms with Crippen molar-refractivity contribution in [3.8, 4) is 11.5 Å². The van der Waals surface area contributed by atoms with Gasteiger partial charge in [0.1, 0.15) is 19.4 Å². The van der Waals surface area contributed by atoms with E-state index in [1.807, 2.05) is 20.8 Å². The van der Waals surface area contributed by atoms with Gasteiger partial charge >= 0.3 is 0 Å². The van der Waals surface area contributed by atoms with Crippen LogP contribution in [-0.2, 0) is 16.5 Å². The first-order chi connectivity index (χ1) is 13.7. The lowest BCUT2D eigenvalue weighted by Gasteiger charge is -2.39. The predicted octanol–water partition coefficient (Wildman–Crippen LogP) is 5.68. The molecule has 0 radical (unpaired) electrons. The highest BCUT2D eigenvalue weighted by Crippen LogP contribution is 2.41. The van der Waals surface area contributed by atoms with E-state index in [1.54, 1.807) is 18.2 Å². The maximum atomic E-state index is 15.0. The lowest BCUT2D eigenvalue weighted by atomic mass is 9.88. The molecule has 0 heterocycles. The van der Waals surface area contributed by atoms with Crippen molar-refractivity contribution in [2.45, 2.75) is 95.6 Å². The molecule has 1 aromatic carbocycles. The van der Waals surface area contributed by atoms with Gasteiger partial charge in [-0.05, 0) is 43.5 Å². The van der Waals surface area contributed by atoms with Crippen molar-refractivity contribution in [2.75, 3.05) is 6.61 Å². The minimum Gasteiger partial charge on any atom is -0.396 e. The fourth-order valence-electron chi connectivity index (χ4n) is 4.33. The second kappa shape index (κ2) is 10.5. The Morgan fingerprint density at radius 2 is 1.57 bits per heavy atom. The maximum Gasteiger partial charge on any atom is 0.146 e. The Hall–Kier alpha value is -1.00. The van der Waals surface area contributed by atoms with Gasteiger partial charge in [0.2, 0.25) is 0 Å². The highest BCUT2D eigenvalue weighted by Gasteiger charge is 2.43. The first kappa shape index (κ1) is 27.0. The van der Waals surface area contributed by atoms with Crippen LogP contribution in [0.3, 0.4) is 0 Å². The normalized spacial score (nSPS) is 15.8. The highest BCUT2D eigenvalue weighted by molar-refractivity contribution is 7.84. The van der Waals surface area contributed by atoms with Crippen LogP contribution in [0.5, 0.6) is 0 Å². The number of aliphatic hydroxyl groups excluding tert-OH is 1. The Kier molecular flexibility index (Phi) is 9.50. The SMILES string of the molecule is CC(C)[Si](C#C[C@@](CCO)(N[S@](=O)C(C)(C)C)c1ccccc1F)(C(C)C)C(C)C. The van der Waals surface area contributed by atoms with Crippen LogP contribution in [0.4, 0.5) is 4.39 Å². The number of benzene rings is 1. The monoisotopic (exact) mass is 453 g/mol. The summed E-state index contributed by atoms with van der Waals surface area (Å²) in [7, 11) is -3.61. The summed E-state index contributed by atoms with van der Waals surface area (Å²) in [5.74, 6) is 2.97. The zero-order valence-corrected chi connectivity index (χ0v) is 21.9. The molecule has 0 unspecified atom stereocenters. The molecule has 1 aromatic rings. The molecule has 2 N–H and O–H groups in total. The van der Waals surface area contributed by atoms with E-state index in [0.717, 1.165) is 0 Å². The van der Waals surface area contributed by atoms with E-state index < -0.39 is 35.2 Å². The van der Waals surface area contributed by atoms with Gasteiger partial charge in [0.05, 0.1) is 15.7 Å². The van der Waals surface area contributed by atoms with Crippen molar-refractivity contribution < 1.29 is 13.7 Å². The number of nitrogens with one attached hydrogen (secondary N) is 1. The van der Waals surface area contributed by atoms with Crippen LogP contribution < -0.4 is 4.72 Å². The van der Waals surface area contributed by atoms with Gasteiger partial charge in [-0.1, -0.05) is 65.7 Å². The van der Waals surface area contributed by atoms with Gasteiger partial charge in [-0.15, -0.1) is 5.54 Å². The van der Waals surface area contributed by atoms with E-state index in [1.165, 1.54) is 6.07 Å². The van der Waals surface area contributed by atoms with Crippen LogP contribution >= 0.6 is 0 Å². The van der Waals surface area contributed by atoms with Crippen LogP contribution in [-0.4, -0.2) is 28.7 Å². The van der Waals surface area contributed by atoms with E-state index in [4.69, 9.17) is 0 Å². The molecule has 170 valence electrons. The molecule has 0 bridgehead atoms. The molecule has 0 saturated carbocycles. The number of hydrogen-bond donors (Lipinski definition) is 2. The second-order valence-electron chi connectivity index (χ2n) is 9.99. The molecule has 0 saturated heterocycles. The molecule has 1 rings (SSSR count). The Bertz CT molecular complexity index is 771. The van der Waals surface area contributed by atoms with Gasteiger partial charge in [0.25, 0.3) is 0 Å². The fourth-order valence-corrected chi connectivity index (χ4v) is 10.5. The quantitative estimate of drug-likeness (QED) is 0.393. The zero-order valence-electron chi connectivity index (χ0n) is 20.1. The summed E-state index contributed by atoms with van der Waals surface area (Å²) in [6.07, 6.45) is 0.154. The largest absolute Gasteiger partial charge is 0.396 e. The summed E-state index contributed by atoms with van der Waals surface area (Å²) in [5, 5.41) is 9.91. The second-order valence-corrected chi connectivity index (χ2v) is 17.5. The molecule has 0 aliphatic rings. The summed E-state index contributed by atoms with van der Waals surface area (Å²) in [5.41, 5.74) is 3.99. The summed E-state index contributed by atoms with van der Waals surface area (Å²) in [6, 6.07) is 6.46. The van der Waals surface area contributed by atoms with Crippen molar-refractivity contribution in [3.63, 3.8) is 0 Å². The van der Waals surface area contributed by atoms with Gasteiger partial charge in [-0.3, -0.25) is 0 Å². The molecule has 0 aliphatic carbocycles. The van der Waals surface area contributed by atoms with E-state index in [9.17, 15) is 13.7 Å². The molecule has 2 atom stereocenters. The molecule has 0 spiro atoms. The predicted molar refractivity (Wildman–Crippen MR) is 130 cm³/mol. The molecule has 3 nitrogen and oxygen atoms in total. The summed E-state index contributed by atoms with van der Waals surface area (Å²) in [4.78, 5) is 0. The molecule has 0 amide bonds. The third kappa shape index (κ3) is 5.82. The number of aliphatic hydroxyl groups is 1. The minimum atomic E-state index is -2.12. The van der Waals surface area contributed by atoms with E-state index >= 15 is 0 Å². The first-order valence-electron chi connectivity index (χ1n) is 10.8. The summed E-state index contributed by atoms with van der Waals surface area (Å²) >= 11 is 0. The summed E-state index contributed by atoms with van der Waals surface area (Å²) in [6.45, 7) is 18.7. The number of halogens is 1. The third-order valence-electron chi connectivity index (χ3n) is 6.00. The standard InChI is InChI=1S/C24H40FNO2SSi/c1-18(2)30(19(3)4,20(5)6)17-15-24(14-16-27,26-29(28)23(7,8)9)21-12-10-11-13-22(21)25/h10-13,18-20,26-27H,14,16H2,1-9H3/t24-,29-/m1/s1. The van der Waals surface area contributed by atoms with Crippen molar-refractivity contribution in [2.24, 2.45) is 0 Å². The lowest BCUT2D eigenvalue weighted by molar-refractivity contribution is 0.252. The van der Waals surface area contributed by atoms with Gasteiger partial charge < -0.3 is 5.11 Å². The Morgan fingerprint density at radius 3 is 1.97 bits per heavy atom. The first-order valence-corrected chi connectivity index (χ1v) is 14.2. The Morgan fingerprint density at radius 1 is 1.07 bits per heavy atom. The average molecular weight is 454 g/mol. The molecule has 0 aromatic heterocycles. The Labute approximate surface area is 186 Å². The topological polar surface area (TPSA) is 49.3 Å². The van der Waals surface area contributed by atoms with Crippen molar-refractivity contribution in [3.05, 3.63) is 35.6 Å². The molecular formula is C24H40FNO2SSi. The van der Waals surface area contributed by atoms with Gasteiger partial charge in [-0.25, -0.2) is 13.3 Å². The molecular weight excluding hydrogens is 413 g/mol. The average Bonchev–Trinajstić information content (AvgIpc) is 2.60. The Balaban J connectivity index is 3.84. The lowest BCUT2D eigenvalue weighted by Crippen LogP contribution is -2.49. The molecule has 6 heteroatoms. The van der Waals surface area contributed by atoms with Crippen molar-refractivity contribution in [1.29, 1.82) is 0 Å². The van der Waals surface area contributed by atoms with E-state index in [2.05, 4.69) is 57.7 Å². The van der Waals surface area contributed by atoms with Crippen molar-refractivity contribution in [1.82, 2.24) is 4.72 Å². The maximum absolute atomic E-state index is 15.0. The van der Waals surface area contributed by atoms with E-state index in [-0.39, 0.29) is 13.0 Å². The van der Waals surface area contributed by atoms with Gasteiger partial charge in [-0.2, -0.15) is 0 Å². The zero-order chi connectivity index (χ0) is 23.3. The van der Waals surface area contributed by atoms with Crippen LogP contribution in [0.1, 0.15) is 74.3 Å². The number of hydrogen-bond acceptors (Lipinski definition) is 2. The number of rotatable bonds is 8. The molecule has 0 fully saturated rings. The van der Waals surface area contributed by atoms with Crippen LogP contribution in [0.25, 0.3) is 0 Å². The summed E-state index contributed by atoms with van der Waals surface area (Å²) < 4.78 is 30.7. The van der Waals surface area contributed by atoms with Crippen LogP contribution in [0, 0.1) is 17.3 Å². The van der Waals surface area contributed by atoms with E-state index in [0.29, 0.717) is 22.2 Å². The van der Waals surface area contributed by atoms with Gasteiger partial charge in [0, 0.05) is 18.6 Å². The van der Waals surface area contributed by atoms with Crippen LogP contribution in [0.2, 0.25) is 16.6 Å². The van der Waals surface area contributed by atoms with Crippen LogP contribution in [0.15, 0.2) is 24.3 Å².